The summed E-state index contributed by atoms with van der Waals surface area (Å²) in [5, 5.41) is 13.4. The van der Waals surface area contributed by atoms with Gasteiger partial charge in [0.15, 0.2) is 11.5 Å². The molecular formula is C25H26N4O4S. The van der Waals surface area contributed by atoms with Crippen LogP contribution in [-0.2, 0) is 4.79 Å². The highest BCUT2D eigenvalue weighted by atomic mass is 32.1. The molecule has 0 fully saturated rings. The minimum absolute atomic E-state index is 0.192. The van der Waals surface area contributed by atoms with Crippen molar-refractivity contribution in [2.45, 2.75) is 19.4 Å². The van der Waals surface area contributed by atoms with Crippen molar-refractivity contribution in [2.24, 2.45) is 5.10 Å². The number of carbonyl (C=O) groups excluding carboxylic acids is 2. The minimum atomic E-state index is -0.457. The standard InChI is InChI=1S/C25H26N4O4S/c1-16-6-9-18(10-7-16)27-25(31)26-15-24(30)29-20(14-19(28-29)23-5-4-12-34-23)17-8-11-21(32-2)22(13-17)33-3/h4-13,20H,14-15H2,1-3H3,(H2,26,27,31). The van der Waals surface area contributed by atoms with E-state index in [4.69, 9.17) is 9.47 Å². The molecule has 0 aliphatic carbocycles. The van der Waals surface area contributed by atoms with E-state index in [1.165, 1.54) is 5.01 Å². The summed E-state index contributed by atoms with van der Waals surface area (Å²) in [6.07, 6.45) is 0.553. The predicted octanol–water partition coefficient (Wildman–Crippen LogP) is 4.57. The average Bonchev–Trinajstić information content (AvgIpc) is 3.54. The first-order chi connectivity index (χ1) is 16.5. The number of methoxy groups -OCH3 is 2. The normalized spacial score (nSPS) is 15.0. The number of thiophene rings is 1. The number of rotatable bonds is 7. The Morgan fingerprint density at radius 1 is 1.09 bits per heavy atom. The summed E-state index contributed by atoms with van der Waals surface area (Å²) in [7, 11) is 3.15. The Labute approximate surface area is 202 Å². The lowest BCUT2D eigenvalue weighted by molar-refractivity contribution is -0.131. The maximum atomic E-state index is 13.1. The molecule has 1 unspecified atom stereocenters. The van der Waals surface area contributed by atoms with Crippen LogP contribution in [0.2, 0.25) is 0 Å². The Morgan fingerprint density at radius 3 is 2.53 bits per heavy atom. The smallest absolute Gasteiger partial charge is 0.319 e. The molecule has 3 aromatic rings. The van der Waals surface area contributed by atoms with Crippen LogP contribution in [0.1, 0.15) is 28.5 Å². The third-order valence-electron chi connectivity index (χ3n) is 5.47. The molecule has 1 atom stereocenters. The van der Waals surface area contributed by atoms with Crippen molar-refractivity contribution in [3.05, 3.63) is 76.0 Å². The molecule has 1 aliphatic heterocycles. The predicted molar refractivity (Wildman–Crippen MR) is 133 cm³/mol. The highest BCUT2D eigenvalue weighted by Crippen LogP contribution is 2.37. The zero-order valence-electron chi connectivity index (χ0n) is 19.2. The van der Waals surface area contributed by atoms with Gasteiger partial charge in [0.1, 0.15) is 6.54 Å². The van der Waals surface area contributed by atoms with Crippen molar-refractivity contribution in [3.63, 3.8) is 0 Å². The van der Waals surface area contributed by atoms with Crippen molar-refractivity contribution >= 4 is 34.7 Å². The summed E-state index contributed by atoms with van der Waals surface area (Å²) in [4.78, 5) is 26.5. The average molecular weight is 479 g/mol. The van der Waals surface area contributed by atoms with Gasteiger partial charge in [-0.1, -0.05) is 29.8 Å². The number of nitrogens with one attached hydrogen (secondary N) is 2. The van der Waals surface area contributed by atoms with E-state index in [-0.39, 0.29) is 18.5 Å². The van der Waals surface area contributed by atoms with Crippen LogP contribution in [0.5, 0.6) is 11.5 Å². The van der Waals surface area contributed by atoms with Crippen LogP contribution >= 0.6 is 11.3 Å². The molecule has 8 nitrogen and oxygen atoms in total. The van der Waals surface area contributed by atoms with Crippen LogP contribution in [0.4, 0.5) is 10.5 Å². The van der Waals surface area contributed by atoms with Gasteiger partial charge in [-0.15, -0.1) is 11.3 Å². The maximum Gasteiger partial charge on any atom is 0.319 e. The fourth-order valence-corrected chi connectivity index (χ4v) is 4.42. The highest BCUT2D eigenvalue weighted by Gasteiger charge is 2.34. The Morgan fingerprint density at radius 2 is 1.85 bits per heavy atom. The molecular weight excluding hydrogens is 452 g/mol. The minimum Gasteiger partial charge on any atom is -0.493 e. The van der Waals surface area contributed by atoms with Gasteiger partial charge in [-0.05, 0) is 48.2 Å². The summed E-state index contributed by atoms with van der Waals surface area (Å²) >= 11 is 1.57. The van der Waals surface area contributed by atoms with Crippen molar-refractivity contribution in [1.82, 2.24) is 10.3 Å². The maximum absolute atomic E-state index is 13.1. The molecule has 34 heavy (non-hydrogen) atoms. The summed E-state index contributed by atoms with van der Waals surface area (Å²) < 4.78 is 10.8. The molecule has 2 heterocycles. The van der Waals surface area contributed by atoms with E-state index in [1.807, 2.05) is 66.9 Å². The topological polar surface area (TPSA) is 92.3 Å². The monoisotopic (exact) mass is 478 g/mol. The highest BCUT2D eigenvalue weighted by molar-refractivity contribution is 7.12. The molecule has 0 radical (unpaired) electrons. The molecule has 176 valence electrons. The first-order valence-electron chi connectivity index (χ1n) is 10.8. The Hall–Kier alpha value is -3.85. The molecule has 9 heteroatoms. The van der Waals surface area contributed by atoms with E-state index in [0.717, 1.165) is 21.7 Å². The number of aryl methyl sites for hydroxylation is 1. The van der Waals surface area contributed by atoms with E-state index < -0.39 is 6.03 Å². The number of nitrogens with zero attached hydrogens (tertiary/aromatic N) is 2. The van der Waals surface area contributed by atoms with Crippen LogP contribution in [0.25, 0.3) is 0 Å². The van der Waals surface area contributed by atoms with E-state index in [1.54, 1.807) is 25.6 Å². The number of anilines is 1. The Bertz CT molecular complexity index is 1190. The molecule has 0 saturated carbocycles. The zero-order valence-corrected chi connectivity index (χ0v) is 20.0. The second-order valence-corrected chi connectivity index (χ2v) is 8.72. The first kappa shape index (κ1) is 23.3. The SMILES string of the molecule is COc1ccc(C2CC(c3cccs3)=NN2C(=O)CNC(=O)Nc2ccc(C)cc2)cc1OC. The second kappa shape index (κ2) is 10.4. The summed E-state index contributed by atoms with van der Waals surface area (Å²) in [5.74, 6) is 0.869. The van der Waals surface area contributed by atoms with Gasteiger partial charge >= 0.3 is 6.03 Å². The van der Waals surface area contributed by atoms with Crippen molar-refractivity contribution in [3.8, 4) is 11.5 Å². The van der Waals surface area contributed by atoms with Gasteiger partial charge in [0.25, 0.3) is 5.91 Å². The van der Waals surface area contributed by atoms with Gasteiger partial charge < -0.3 is 20.1 Å². The Balaban J connectivity index is 1.50. The van der Waals surface area contributed by atoms with Gasteiger partial charge in [-0.2, -0.15) is 5.10 Å². The number of benzene rings is 2. The Kier molecular flexibility index (Phi) is 7.12. The number of urea groups is 1. The molecule has 0 spiro atoms. The second-order valence-electron chi connectivity index (χ2n) is 7.77. The number of hydrazone groups is 1. The van der Waals surface area contributed by atoms with Gasteiger partial charge in [0.2, 0.25) is 0 Å². The quantitative estimate of drug-likeness (QED) is 0.520. The summed E-state index contributed by atoms with van der Waals surface area (Å²) in [5.41, 5.74) is 3.44. The zero-order chi connectivity index (χ0) is 24.1. The molecule has 2 N–H and O–H groups in total. The van der Waals surface area contributed by atoms with Gasteiger partial charge in [0, 0.05) is 12.1 Å². The van der Waals surface area contributed by atoms with Gasteiger partial charge in [0.05, 0.1) is 30.9 Å². The number of carbonyl (C=O) groups is 2. The third kappa shape index (κ3) is 5.20. The molecule has 3 amide bonds. The third-order valence-corrected chi connectivity index (χ3v) is 6.39. The van der Waals surface area contributed by atoms with E-state index in [9.17, 15) is 9.59 Å². The van der Waals surface area contributed by atoms with E-state index >= 15 is 0 Å². The molecule has 0 saturated heterocycles. The van der Waals surface area contributed by atoms with Crippen molar-refractivity contribution in [1.29, 1.82) is 0 Å². The molecule has 2 aromatic carbocycles. The number of amides is 3. The van der Waals surface area contributed by atoms with Crippen molar-refractivity contribution in [2.75, 3.05) is 26.1 Å². The lowest BCUT2D eigenvalue weighted by atomic mass is 10.0. The molecule has 1 aromatic heterocycles. The molecule has 1 aliphatic rings. The molecule has 0 bridgehead atoms. The van der Waals surface area contributed by atoms with Crippen LogP contribution in [0, 0.1) is 6.92 Å². The van der Waals surface area contributed by atoms with E-state index in [0.29, 0.717) is 23.6 Å². The lowest BCUT2D eigenvalue weighted by Crippen LogP contribution is -2.39. The van der Waals surface area contributed by atoms with Crippen LogP contribution in [0.15, 0.2) is 65.1 Å². The van der Waals surface area contributed by atoms with E-state index in [2.05, 4.69) is 15.7 Å². The van der Waals surface area contributed by atoms with Crippen molar-refractivity contribution < 1.29 is 19.1 Å². The van der Waals surface area contributed by atoms with Crippen LogP contribution in [0.3, 0.4) is 0 Å². The van der Waals surface area contributed by atoms with Gasteiger partial charge in [-0.25, -0.2) is 9.80 Å². The van der Waals surface area contributed by atoms with Crippen LogP contribution in [-0.4, -0.2) is 43.4 Å². The lowest BCUT2D eigenvalue weighted by Gasteiger charge is -2.23. The largest absolute Gasteiger partial charge is 0.493 e. The number of ether oxygens (including phenoxy) is 2. The number of hydrogen-bond donors (Lipinski definition) is 2. The summed E-state index contributed by atoms with van der Waals surface area (Å²) in [6, 6.07) is 16.1. The van der Waals surface area contributed by atoms with Crippen LogP contribution < -0.4 is 20.1 Å². The summed E-state index contributed by atoms with van der Waals surface area (Å²) in [6.45, 7) is 1.78. The fraction of sp³-hybridized carbons (Fsp3) is 0.240. The fourth-order valence-electron chi connectivity index (χ4n) is 3.70. The first-order valence-corrected chi connectivity index (χ1v) is 11.6. The molecule has 4 rings (SSSR count). The number of hydrogen-bond acceptors (Lipinski definition) is 6. The van der Waals surface area contributed by atoms with Gasteiger partial charge in [-0.3, -0.25) is 4.79 Å².